The molecule has 0 bridgehead atoms. The molecule has 0 N–H and O–H groups in total. The summed E-state index contributed by atoms with van der Waals surface area (Å²) in [5.41, 5.74) is 2.03. The molecule has 5 nitrogen and oxygen atoms in total. The average molecular weight is 455 g/mol. The van der Waals surface area contributed by atoms with Crippen molar-refractivity contribution in [2.75, 3.05) is 33.5 Å². The number of rotatable bonds is 14. The second-order valence-electron chi connectivity index (χ2n) is 6.67. The van der Waals surface area contributed by atoms with E-state index in [1.165, 1.54) is 12.7 Å². The number of carbonyl (C=O) groups is 1. The van der Waals surface area contributed by atoms with E-state index in [1.807, 2.05) is 30.3 Å². The van der Waals surface area contributed by atoms with Gasteiger partial charge in [0, 0.05) is 32.7 Å². The minimum atomic E-state index is -0.273. The molecule has 30 heavy (non-hydrogen) atoms. The van der Waals surface area contributed by atoms with Crippen LogP contribution < -0.4 is 4.74 Å². The maximum absolute atomic E-state index is 11.3. The van der Waals surface area contributed by atoms with E-state index >= 15 is 0 Å². The fraction of sp³-hybridized carbons (Fsp3) is 0.435. The molecule has 0 spiro atoms. The molecule has 0 fully saturated rings. The Morgan fingerprint density at radius 1 is 0.867 bits per heavy atom. The van der Waals surface area contributed by atoms with Gasteiger partial charge in [-0.1, -0.05) is 53.5 Å². The average Bonchev–Trinajstić information content (AvgIpc) is 2.75. The van der Waals surface area contributed by atoms with Crippen molar-refractivity contribution in [1.82, 2.24) is 0 Å². The Bertz CT molecular complexity index is 744. The Kier molecular flexibility index (Phi) is 11.6. The van der Waals surface area contributed by atoms with Crippen molar-refractivity contribution < 1.29 is 23.7 Å². The molecule has 2 aromatic carbocycles. The fourth-order valence-corrected chi connectivity index (χ4v) is 3.35. The monoisotopic (exact) mass is 454 g/mol. The summed E-state index contributed by atoms with van der Waals surface area (Å²) < 4.78 is 21.6. The van der Waals surface area contributed by atoms with Gasteiger partial charge in [0.05, 0.1) is 30.4 Å². The van der Waals surface area contributed by atoms with Gasteiger partial charge < -0.3 is 18.9 Å². The number of ether oxygens (including phenoxy) is 4. The first-order chi connectivity index (χ1) is 14.6. The van der Waals surface area contributed by atoms with Gasteiger partial charge >= 0.3 is 5.97 Å². The third-order valence-electron chi connectivity index (χ3n) is 4.27. The lowest BCUT2D eigenvalue weighted by Crippen LogP contribution is -2.06. The van der Waals surface area contributed by atoms with Crippen LogP contribution in [0.5, 0.6) is 5.75 Å². The van der Waals surface area contributed by atoms with Crippen molar-refractivity contribution in [2.45, 2.75) is 32.3 Å². The first kappa shape index (κ1) is 24.5. The van der Waals surface area contributed by atoms with Gasteiger partial charge in [0.25, 0.3) is 0 Å². The van der Waals surface area contributed by atoms with Crippen LogP contribution in [0.2, 0.25) is 10.0 Å². The summed E-state index contributed by atoms with van der Waals surface area (Å²) in [7, 11) is 1.36. The first-order valence-corrected chi connectivity index (χ1v) is 10.7. The lowest BCUT2D eigenvalue weighted by atomic mass is 10.1. The number of esters is 1. The number of carbonyl (C=O) groups excluding carboxylic acids is 1. The van der Waals surface area contributed by atoms with Crippen LogP contribution in [-0.2, 0) is 32.0 Å². The third-order valence-corrected chi connectivity index (χ3v) is 4.83. The molecule has 0 amide bonds. The lowest BCUT2D eigenvalue weighted by molar-refractivity contribution is -0.140. The molecule has 2 aromatic rings. The Morgan fingerprint density at radius 2 is 1.50 bits per heavy atom. The molecule has 0 radical (unpaired) electrons. The predicted octanol–water partition coefficient (Wildman–Crippen LogP) is 5.49. The van der Waals surface area contributed by atoms with Gasteiger partial charge in [0.2, 0.25) is 0 Å². The number of hydrogen-bond donors (Lipinski definition) is 0. The number of halogens is 2. The zero-order valence-electron chi connectivity index (χ0n) is 17.2. The van der Waals surface area contributed by atoms with Crippen LogP contribution in [0.1, 0.15) is 30.4 Å². The fourth-order valence-electron chi connectivity index (χ4n) is 2.71. The number of aryl methyl sites for hydroxylation is 1. The summed E-state index contributed by atoms with van der Waals surface area (Å²) in [6, 6.07) is 13.6. The SMILES string of the molecule is COC(=O)CCc1cc(Cl)c(OCCCOCCCOCc2ccccc2)c(Cl)c1. The Hall–Kier alpha value is -1.79. The van der Waals surface area contributed by atoms with Crippen LogP contribution in [0.25, 0.3) is 0 Å². The quantitative estimate of drug-likeness (QED) is 0.279. The van der Waals surface area contributed by atoms with Crippen LogP contribution in [0.3, 0.4) is 0 Å². The van der Waals surface area contributed by atoms with Gasteiger partial charge in [-0.2, -0.15) is 0 Å². The minimum absolute atomic E-state index is 0.273. The summed E-state index contributed by atoms with van der Waals surface area (Å²) in [6.07, 6.45) is 2.35. The van der Waals surface area contributed by atoms with Crippen LogP contribution in [0, 0.1) is 0 Å². The summed E-state index contributed by atoms with van der Waals surface area (Å²) >= 11 is 12.5. The van der Waals surface area contributed by atoms with Crippen molar-refractivity contribution >= 4 is 29.2 Å². The number of methoxy groups -OCH3 is 1. The van der Waals surface area contributed by atoms with Crippen LogP contribution in [0.15, 0.2) is 42.5 Å². The smallest absolute Gasteiger partial charge is 0.305 e. The third kappa shape index (κ3) is 9.35. The highest BCUT2D eigenvalue weighted by Gasteiger charge is 2.11. The predicted molar refractivity (Wildman–Crippen MR) is 118 cm³/mol. The van der Waals surface area contributed by atoms with Crippen molar-refractivity contribution in [3.63, 3.8) is 0 Å². The van der Waals surface area contributed by atoms with Crippen molar-refractivity contribution in [3.05, 3.63) is 63.6 Å². The van der Waals surface area contributed by atoms with Crippen molar-refractivity contribution in [1.29, 1.82) is 0 Å². The van der Waals surface area contributed by atoms with E-state index in [4.69, 9.17) is 37.4 Å². The molecule has 0 aliphatic rings. The van der Waals surface area contributed by atoms with Gasteiger partial charge in [-0.15, -0.1) is 0 Å². The van der Waals surface area contributed by atoms with Crippen molar-refractivity contribution in [2.24, 2.45) is 0 Å². The van der Waals surface area contributed by atoms with Gasteiger partial charge in [0.1, 0.15) is 0 Å². The van der Waals surface area contributed by atoms with Crippen LogP contribution >= 0.6 is 23.2 Å². The minimum Gasteiger partial charge on any atom is -0.490 e. The Labute approximate surface area is 188 Å². The van der Waals surface area contributed by atoms with Gasteiger partial charge in [0.15, 0.2) is 5.75 Å². The molecule has 0 saturated heterocycles. The molecular weight excluding hydrogens is 427 g/mol. The first-order valence-electron chi connectivity index (χ1n) is 9.97. The molecule has 0 atom stereocenters. The molecule has 2 rings (SSSR count). The highest BCUT2D eigenvalue weighted by Crippen LogP contribution is 2.34. The topological polar surface area (TPSA) is 54.0 Å². The standard InChI is InChI=1S/C23H28Cl2O5/c1-27-22(26)10-9-19-15-20(24)23(21(25)16-19)30-14-6-12-28-11-5-13-29-17-18-7-3-2-4-8-18/h2-4,7-8,15-16H,5-6,9-14,17H2,1H3. The molecule has 7 heteroatoms. The molecule has 0 aliphatic carbocycles. The molecule has 0 heterocycles. The van der Waals surface area contributed by atoms with E-state index in [2.05, 4.69) is 4.74 Å². The van der Waals surface area contributed by atoms with Gasteiger partial charge in [-0.3, -0.25) is 4.79 Å². The molecule has 0 aliphatic heterocycles. The summed E-state index contributed by atoms with van der Waals surface area (Å²) in [5.74, 6) is 0.180. The van der Waals surface area contributed by atoms with E-state index in [-0.39, 0.29) is 12.4 Å². The lowest BCUT2D eigenvalue weighted by Gasteiger charge is -2.12. The molecular formula is C23H28Cl2O5. The number of hydrogen-bond acceptors (Lipinski definition) is 5. The Balaban J connectivity index is 1.55. The molecule has 0 saturated carbocycles. The summed E-state index contributed by atoms with van der Waals surface area (Å²) in [5, 5.41) is 0.859. The zero-order valence-corrected chi connectivity index (χ0v) is 18.7. The summed E-state index contributed by atoms with van der Waals surface area (Å²) in [6.45, 7) is 2.97. The van der Waals surface area contributed by atoms with E-state index in [9.17, 15) is 4.79 Å². The normalized spacial score (nSPS) is 10.8. The van der Waals surface area contributed by atoms with E-state index < -0.39 is 0 Å². The Morgan fingerprint density at radius 3 is 2.17 bits per heavy atom. The molecule has 0 aromatic heterocycles. The van der Waals surface area contributed by atoms with Gasteiger partial charge in [-0.05, 0) is 36.1 Å². The van der Waals surface area contributed by atoms with E-state index in [0.717, 1.165) is 18.4 Å². The second kappa shape index (κ2) is 14.3. The highest BCUT2D eigenvalue weighted by atomic mass is 35.5. The van der Waals surface area contributed by atoms with Gasteiger partial charge in [-0.25, -0.2) is 0 Å². The van der Waals surface area contributed by atoms with E-state index in [1.54, 1.807) is 12.1 Å². The largest absolute Gasteiger partial charge is 0.490 e. The zero-order chi connectivity index (χ0) is 21.6. The van der Waals surface area contributed by atoms with Crippen LogP contribution in [0.4, 0.5) is 0 Å². The molecule has 0 unspecified atom stereocenters. The van der Waals surface area contributed by atoms with Crippen molar-refractivity contribution in [3.8, 4) is 5.75 Å². The summed E-state index contributed by atoms with van der Waals surface area (Å²) in [4.78, 5) is 11.3. The maximum Gasteiger partial charge on any atom is 0.305 e. The highest BCUT2D eigenvalue weighted by molar-refractivity contribution is 6.37. The maximum atomic E-state index is 11.3. The second-order valence-corrected chi connectivity index (χ2v) is 7.49. The van der Waals surface area contributed by atoms with Crippen LogP contribution in [-0.4, -0.2) is 39.5 Å². The van der Waals surface area contributed by atoms with E-state index in [0.29, 0.717) is 55.3 Å². The molecule has 164 valence electrons. The number of benzene rings is 2.